The minimum absolute atomic E-state index is 0.0823. The van der Waals surface area contributed by atoms with Gasteiger partial charge in [-0.05, 0) is 73.6 Å². The van der Waals surface area contributed by atoms with Crippen molar-refractivity contribution in [3.05, 3.63) is 94.6 Å². The molecule has 3 atom stereocenters. The van der Waals surface area contributed by atoms with E-state index in [4.69, 9.17) is 0 Å². The zero-order valence-electron chi connectivity index (χ0n) is 17.1. The summed E-state index contributed by atoms with van der Waals surface area (Å²) in [5.41, 5.74) is 2.55. The Morgan fingerprint density at radius 1 is 0.935 bits per heavy atom. The molecule has 3 aliphatic rings. The van der Waals surface area contributed by atoms with Gasteiger partial charge in [-0.1, -0.05) is 36.3 Å². The Bertz CT molecular complexity index is 1080. The summed E-state index contributed by atoms with van der Waals surface area (Å²) < 4.78 is 28.3. The third-order valence-electron chi connectivity index (χ3n) is 6.82. The van der Waals surface area contributed by atoms with Crippen LogP contribution in [-0.4, -0.2) is 22.8 Å². The first-order chi connectivity index (χ1) is 15.0. The number of benzene rings is 2. The van der Waals surface area contributed by atoms with Crippen LogP contribution in [0.25, 0.3) is 0 Å². The average Bonchev–Trinajstić information content (AvgIpc) is 3.32. The van der Waals surface area contributed by atoms with Crippen molar-refractivity contribution < 1.29 is 18.4 Å². The highest BCUT2D eigenvalue weighted by Gasteiger charge is 2.47. The fourth-order valence-electron chi connectivity index (χ4n) is 5.55. The molecule has 1 aliphatic heterocycles. The van der Waals surface area contributed by atoms with Crippen LogP contribution in [0.4, 0.5) is 8.78 Å². The highest BCUT2D eigenvalue weighted by Crippen LogP contribution is 2.47. The quantitative estimate of drug-likeness (QED) is 0.575. The fourth-order valence-corrected chi connectivity index (χ4v) is 5.55. The summed E-state index contributed by atoms with van der Waals surface area (Å²) in [5.74, 6) is -1.48. The first-order valence-corrected chi connectivity index (χ1v) is 10.8. The minimum atomic E-state index is -0.342. The van der Waals surface area contributed by atoms with E-state index in [-0.39, 0.29) is 41.3 Å². The number of fused-ring (bicyclic) bond motifs is 1. The molecular weight excluding hydrogens is 396 g/mol. The van der Waals surface area contributed by atoms with Crippen LogP contribution in [0.2, 0.25) is 0 Å². The Kier molecular flexibility index (Phi) is 5.05. The van der Waals surface area contributed by atoms with Crippen LogP contribution in [0.3, 0.4) is 0 Å². The second-order valence-corrected chi connectivity index (χ2v) is 8.57. The van der Waals surface area contributed by atoms with Crippen molar-refractivity contribution in [2.75, 3.05) is 0 Å². The van der Waals surface area contributed by atoms with Crippen molar-refractivity contribution in [3.63, 3.8) is 0 Å². The van der Waals surface area contributed by atoms with Gasteiger partial charge in [-0.15, -0.1) is 0 Å². The van der Waals surface area contributed by atoms with E-state index in [0.717, 1.165) is 24.0 Å². The maximum Gasteiger partial charge on any atom is 0.261 e. The van der Waals surface area contributed by atoms with Crippen molar-refractivity contribution in [3.8, 4) is 0 Å². The SMILES string of the molecule is O=C1c2ccccc2C(=O)N1[C@H]1CCCC1[C@@H](C1=CC(F)=CCC1)c1cccc(F)c1. The fraction of sp³-hybridized carbons (Fsp3) is 0.308. The number of allylic oxidation sites excluding steroid dienone is 4. The maximum absolute atomic E-state index is 14.2. The van der Waals surface area contributed by atoms with Crippen molar-refractivity contribution in [1.82, 2.24) is 4.90 Å². The molecule has 0 spiro atoms. The van der Waals surface area contributed by atoms with Crippen LogP contribution in [0.5, 0.6) is 0 Å². The van der Waals surface area contributed by atoms with Gasteiger partial charge in [0, 0.05) is 12.0 Å². The van der Waals surface area contributed by atoms with E-state index in [1.807, 2.05) is 6.07 Å². The first-order valence-electron chi connectivity index (χ1n) is 10.8. The zero-order chi connectivity index (χ0) is 21.5. The van der Waals surface area contributed by atoms with Crippen LogP contribution < -0.4 is 0 Å². The van der Waals surface area contributed by atoms with Gasteiger partial charge in [0.15, 0.2) is 0 Å². The molecule has 5 heteroatoms. The Labute approximate surface area is 180 Å². The van der Waals surface area contributed by atoms with Crippen molar-refractivity contribution in [2.24, 2.45) is 5.92 Å². The smallest absolute Gasteiger partial charge is 0.261 e. The molecule has 0 bridgehead atoms. The molecule has 158 valence electrons. The van der Waals surface area contributed by atoms with E-state index in [1.165, 1.54) is 17.0 Å². The van der Waals surface area contributed by atoms with Crippen LogP contribution in [0, 0.1) is 11.7 Å². The molecule has 1 unspecified atom stereocenters. The van der Waals surface area contributed by atoms with Gasteiger partial charge in [-0.2, -0.15) is 0 Å². The molecule has 2 aromatic rings. The summed E-state index contributed by atoms with van der Waals surface area (Å²) in [7, 11) is 0. The average molecular weight is 419 g/mol. The topological polar surface area (TPSA) is 37.4 Å². The predicted octanol–water partition coefficient (Wildman–Crippen LogP) is 5.95. The lowest BCUT2D eigenvalue weighted by molar-refractivity contribution is 0.0539. The van der Waals surface area contributed by atoms with Crippen molar-refractivity contribution in [1.29, 1.82) is 0 Å². The molecule has 0 N–H and O–H groups in total. The summed E-state index contributed by atoms with van der Waals surface area (Å²) in [4.78, 5) is 27.7. The molecule has 1 heterocycles. The second-order valence-electron chi connectivity index (χ2n) is 8.57. The Balaban J connectivity index is 1.56. The zero-order valence-corrected chi connectivity index (χ0v) is 17.1. The van der Waals surface area contributed by atoms with Crippen molar-refractivity contribution in [2.45, 2.75) is 44.1 Å². The molecule has 3 nitrogen and oxygen atoms in total. The largest absolute Gasteiger partial charge is 0.271 e. The molecule has 1 saturated carbocycles. The van der Waals surface area contributed by atoms with Gasteiger partial charge in [0.2, 0.25) is 0 Å². The summed E-state index contributed by atoms with van der Waals surface area (Å²) in [6.45, 7) is 0. The molecule has 0 aromatic heterocycles. The van der Waals surface area contributed by atoms with Gasteiger partial charge in [-0.25, -0.2) is 8.78 Å². The third kappa shape index (κ3) is 3.42. The number of hydrogen-bond donors (Lipinski definition) is 0. The number of imide groups is 1. The summed E-state index contributed by atoms with van der Waals surface area (Å²) in [6.07, 6.45) is 6.74. The number of rotatable bonds is 4. The number of nitrogens with zero attached hydrogens (tertiary/aromatic N) is 1. The van der Waals surface area contributed by atoms with Crippen LogP contribution in [0.1, 0.15) is 64.3 Å². The predicted molar refractivity (Wildman–Crippen MR) is 114 cm³/mol. The number of carbonyl (C=O) groups excluding carboxylic acids is 2. The maximum atomic E-state index is 14.2. The van der Waals surface area contributed by atoms with Gasteiger partial charge in [-0.3, -0.25) is 14.5 Å². The number of amides is 2. The molecule has 1 fully saturated rings. The number of carbonyl (C=O) groups is 2. The first kappa shape index (κ1) is 19.9. The Morgan fingerprint density at radius 3 is 2.35 bits per heavy atom. The normalized spacial score (nSPS) is 24.1. The second kappa shape index (κ2) is 7.88. The van der Waals surface area contributed by atoms with Crippen molar-refractivity contribution >= 4 is 11.8 Å². The number of halogens is 2. The van der Waals surface area contributed by atoms with Gasteiger partial charge < -0.3 is 0 Å². The van der Waals surface area contributed by atoms with E-state index in [9.17, 15) is 18.4 Å². The standard InChI is InChI=1S/C26H23F2NO2/c27-18-8-3-6-16(14-18)24(17-7-4-9-19(28)15-17)22-12-5-13-23(22)29-25(30)20-10-1-2-11-21(20)26(29)31/h1-3,6,8-11,14-15,22-24H,4-5,7,12-13H2/t22?,23-,24+/m0/s1. The van der Waals surface area contributed by atoms with Crippen LogP contribution in [-0.2, 0) is 0 Å². The molecule has 0 saturated heterocycles. The molecular formula is C26H23F2NO2. The molecule has 2 aliphatic carbocycles. The lowest BCUT2D eigenvalue weighted by Crippen LogP contribution is -2.43. The van der Waals surface area contributed by atoms with Gasteiger partial charge >= 0.3 is 0 Å². The van der Waals surface area contributed by atoms with E-state index in [0.29, 0.717) is 30.4 Å². The number of hydrogen-bond acceptors (Lipinski definition) is 2. The van der Waals surface area contributed by atoms with E-state index < -0.39 is 0 Å². The van der Waals surface area contributed by atoms with E-state index >= 15 is 0 Å². The lowest BCUT2D eigenvalue weighted by Gasteiger charge is -2.35. The Morgan fingerprint density at radius 2 is 1.68 bits per heavy atom. The third-order valence-corrected chi connectivity index (χ3v) is 6.82. The monoisotopic (exact) mass is 419 g/mol. The molecule has 2 aromatic carbocycles. The molecule has 31 heavy (non-hydrogen) atoms. The van der Waals surface area contributed by atoms with E-state index in [2.05, 4.69) is 0 Å². The Hall–Kier alpha value is -3.08. The summed E-state index contributed by atoms with van der Waals surface area (Å²) in [5, 5.41) is 0. The molecule has 5 rings (SSSR count). The van der Waals surface area contributed by atoms with Crippen LogP contribution >= 0.6 is 0 Å². The molecule has 2 amide bonds. The highest BCUT2D eigenvalue weighted by molar-refractivity contribution is 6.21. The lowest BCUT2D eigenvalue weighted by atomic mass is 9.75. The minimum Gasteiger partial charge on any atom is -0.271 e. The van der Waals surface area contributed by atoms with E-state index in [1.54, 1.807) is 42.5 Å². The summed E-state index contributed by atoms with van der Waals surface area (Å²) in [6, 6.07) is 13.0. The molecule has 0 radical (unpaired) electrons. The van der Waals surface area contributed by atoms with Gasteiger partial charge in [0.25, 0.3) is 11.8 Å². The van der Waals surface area contributed by atoms with Crippen LogP contribution in [0.15, 0.2) is 72.1 Å². The highest BCUT2D eigenvalue weighted by atomic mass is 19.1. The summed E-state index contributed by atoms with van der Waals surface area (Å²) >= 11 is 0. The van der Waals surface area contributed by atoms with Gasteiger partial charge in [0.1, 0.15) is 11.6 Å². The van der Waals surface area contributed by atoms with Gasteiger partial charge in [0.05, 0.1) is 11.1 Å².